The highest BCUT2D eigenvalue weighted by molar-refractivity contribution is 5.88. The second kappa shape index (κ2) is 7.17. The average molecular weight is 354 g/mol. The van der Waals surface area contributed by atoms with E-state index in [-0.39, 0.29) is 11.7 Å². The van der Waals surface area contributed by atoms with Crippen molar-refractivity contribution in [2.45, 2.75) is 37.9 Å². The largest absolute Gasteiger partial charge is 0.381 e. The first-order valence-corrected chi connectivity index (χ1v) is 9.11. The van der Waals surface area contributed by atoms with Gasteiger partial charge in [-0.25, -0.2) is 4.39 Å². The van der Waals surface area contributed by atoms with E-state index in [0.29, 0.717) is 32.6 Å². The molecule has 5 heteroatoms. The number of ether oxygens (including phenoxy) is 1. The molecule has 4 rings (SSSR count). The molecule has 2 aliphatic rings. The van der Waals surface area contributed by atoms with Crippen LogP contribution in [0.25, 0.3) is 0 Å². The third-order valence-corrected chi connectivity index (χ3v) is 5.51. The van der Waals surface area contributed by atoms with Crippen LogP contribution in [0.3, 0.4) is 0 Å². The van der Waals surface area contributed by atoms with Crippen LogP contribution in [0, 0.1) is 5.82 Å². The van der Waals surface area contributed by atoms with Gasteiger partial charge < -0.3 is 15.4 Å². The van der Waals surface area contributed by atoms with E-state index in [0.717, 1.165) is 24.2 Å². The predicted octanol–water partition coefficient (Wildman–Crippen LogP) is 2.79. The molecule has 26 heavy (non-hydrogen) atoms. The SMILES string of the molecule is O=C(NCc1ccc2c(c1)CNC2)C1(c2cccc(F)c2)CCOCC1. The molecule has 4 nitrogen and oxygen atoms in total. The van der Waals surface area contributed by atoms with Crippen LogP contribution < -0.4 is 10.6 Å². The van der Waals surface area contributed by atoms with Gasteiger partial charge in [0.05, 0.1) is 5.41 Å². The van der Waals surface area contributed by atoms with E-state index in [9.17, 15) is 9.18 Å². The van der Waals surface area contributed by atoms with E-state index in [2.05, 4.69) is 28.8 Å². The number of fused-ring (bicyclic) bond motifs is 1. The Balaban J connectivity index is 1.53. The summed E-state index contributed by atoms with van der Waals surface area (Å²) < 4.78 is 19.2. The minimum Gasteiger partial charge on any atom is -0.381 e. The maximum Gasteiger partial charge on any atom is 0.231 e. The zero-order valence-corrected chi connectivity index (χ0v) is 14.7. The maximum atomic E-state index is 13.8. The molecule has 0 unspecified atom stereocenters. The Morgan fingerprint density at radius 3 is 2.73 bits per heavy atom. The summed E-state index contributed by atoms with van der Waals surface area (Å²) in [6.45, 7) is 3.28. The highest BCUT2D eigenvalue weighted by atomic mass is 19.1. The third kappa shape index (κ3) is 3.24. The lowest BCUT2D eigenvalue weighted by atomic mass is 9.73. The van der Waals surface area contributed by atoms with Crippen molar-refractivity contribution in [1.82, 2.24) is 10.6 Å². The van der Waals surface area contributed by atoms with E-state index in [4.69, 9.17) is 4.74 Å². The zero-order valence-electron chi connectivity index (χ0n) is 14.7. The number of carbonyl (C=O) groups excluding carboxylic acids is 1. The van der Waals surface area contributed by atoms with Crippen molar-refractivity contribution >= 4 is 5.91 Å². The van der Waals surface area contributed by atoms with Gasteiger partial charge in [0.15, 0.2) is 0 Å². The molecule has 2 N–H and O–H groups in total. The molecule has 0 bridgehead atoms. The van der Waals surface area contributed by atoms with Crippen molar-refractivity contribution in [3.8, 4) is 0 Å². The molecule has 0 aromatic heterocycles. The van der Waals surface area contributed by atoms with Crippen molar-refractivity contribution in [1.29, 1.82) is 0 Å². The molecule has 0 spiro atoms. The summed E-state index contributed by atoms with van der Waals surface area (Å²) in [5, 5.41) is 6.41. The van der Waals surface area contributed by atoms with Gasteiger partial charge in [-0.1, -0.05) is 30.3 Å². The quantitative estimate of drug-likeness (QED) is 0.888. The highest BCUT2D eigenvalue weighted by Gasteiger charge is 2.41. The molecule has 2 aromatic carbocycles. The van der Waals surface area contributed by atoms with Crippen LogP contribution in [0.5, 0.6) is 0 Å². The molecule has 2 aromatic rings. The first-order chi connectivity index (χ1) is 12.7. The van der Waals surface area contributed by atoms with Crippen molar-refractivity contribution in [3.05, 3.63) is 70.5 Å². The van der Waals surface area contributed by atoms with E-state index >= 15 is 0 Å². The molecule has 0 saturated carbocycles. The Labute approximate surface area is 152 Å². The van der Waals surface area contributed by atoms with Gasteiger partial charge in [-0.05, 0) is 47.2 Å². The van der Waals surface area contributed by atoms with Crippen molar-refractivity contribution < 1.29 is 13.9 Å². The molecule has 2 aliphatic heterocycles. The third-order valence-electron chi connectivity index (χ3n) is 5.51. The number of benzene rings is 2. The normalized spacial score (nSPS) is 18.3. The van der Waals surface area contributed by atoms with Gasteiger partial charge in [0, 0.05) is 32.8 Å². The molecular formula is C21H23FN2O2. The lowest BCUT2D eigenvalue weighted by Crippen LogP contribution is -2.47. The highest BCUT2D eigenvalue weighted by Crippen LogP contribution is 2.35. The van der Waals surface area contributed by atoms with Gasteiger partial charge in [0.1, 0.15) is 5.82 Å². The van der Waals surface area contributed by atoms with E-state index in [1.807, 2.05) is 6.07 Å². The predicted molar refractivity (Wildman–Crippen MR) is 97.0 cm³/mol. The molecule has 0 aliphatic carbocycles. The molecule has 1 saturated heterocycles. The Kier molecular flexibility index (Phi) is 4.74. The second-order valence-corrected chi connectivity index (χ2v) is 7.09. The van der Waals surface area contributed by atoms with Gasteiger partial charge in [-0.15, -0.1) is 0 Å². The number of rotatable bonds is 4. The first kappa shape index (κ1) is 17.2. The fourth-order valence-electron chi connectivity index (χ4n) is 3.96. The topological polar surface area (TPSA) is 50.4 Å². The number of hydrogen-bond acceptors (Lipinski definition) is 3. The summed E-state index contributed by atoms with van der Waals surface area (Å²) >= 11 is 0. The Morgan fingerprint density at radius 1 is 1.12 bits per heavy atom. The van der Waals surface area contributed by atoms with Gasteiger partial charge >= 0.3 is 0 Å². The van der Waals surface area contributed by atoms with Crippen LogP contribution in [-0.2, 0) is 34.6 Å². The summed E-state index contributed by atoms with van der Waals surface area (Å²) in [7, 11) is 0. The van der Waals surface area contributed by atoms with Crippen LogP contribution in [0.2, 0.25) is 0 Å². The summed E-state index contributed by atoms with van der Waals surface area (Å²) in [5.41, 5.74) is 3.71. The Morgan fingerprint density at radius 2 is 1.92 bits per heavy atom. The minimum absolute atomic E-state index is 0.0509. The summed E-state index contributed by atoms with van der Waals surface area (Å²) in [4.78, 5) is 13.1. The minimum atomic E-state index is -0.724. The van der Waals surface area contributed by atoms with Crippen LogP contribution in [0.1, 0.15) is 35.1 Å². The standard InChI is InChI=1S/C21H23FN2O2/c22-19-3-1-2-18(11-19)21(6-8-26-9-7-21)20(25)24-12-15-4-5-16-13-23-14-17(16)10-15/h1-5,10-11,23H,6-9,12-14H2,(H,24,25). The smallest absolute Gasteiger partial charge is 0.231 e. The molecular weight excluding hydrogens is 331 g/mol. The average Bonchev–Trinajstić information content (AvgIpc) is 3.14. The van der Waals surface area contributed by atoms with Crippen molar-refractivity contribution in [3.63, 3.8) is 0 Å². The van der Waals surface area contributed by atoms with Gasteiger partial charge in [0.25, 0.3) is 0 Å². The molecule has 0 radical (unpaired) electrons. The number of carbonyl (C=O) groups is 1. The first-order valence-electron chi connectivity index (χ1n) is 9.11. The van der Waals surface area contributed by atoms with Crippen molar-refractivity contribution in [2.24, 2.45) is 0 Å². The van der Waals surface area contributed by atoms with Gasteiger partial charge in [-0.3, -0.25) is 4.79 Å². The number of nitrogens with one attached hydrogen (secondary N) is 2. The summed E-state index contributed by atoms with van der Waals surface area (Å²) in [6.07, 6.45) is 1.13. The monoisotopic (exact) mass is 354 g/mol. The number of amides is 1. The van der Waals surface area contributed by atoms with E-state index in [1.54, 1.807) is 6.07 Å². The molecule has 2 heterocycles. The molecule has 1 fully saturated rings. The van der Waals surface area contributed by atoms with Crippen molar-refractivity contribution in [2.75, 3.05) is 13.2 Å². The lowest BCUT2D eigenvalue weighted by Gasteiger charge is -2.36. The van der Waals surface area contributed by atoms with Crippen LogP contribution >= 0.6 is 0 Å². The number of hydrogen-bond donors (Lipinski definition) is 2. The fourth-order valence-corrected chi connectivity index (χ4v) is 3.96. The number of halogens is 1. The van der Waals surface area contributed by atoms with Gasteiger partial charge in [0.2, 0.25) is 5.91 Å². The molecule has 0 atom stereocenters. The second-order valence-electron chi connectivity index (χ2n) is 7.09. The molecule has 136 valence electrons. The lowest BCUT2D eigenvalue weighted by molar-refractivity contribution is -0.130. The van der Waals surface area contributed by atoms with Gasteiger partial charge in [-0.2, -0.15) is 0 Å². The van der Waals surface area contributed by atoms with Crippen LogP contribution in [0.4, 0.5) is 4.39 Å². The van der Waals surface area contributed by atoms with Crippen LogP contribution in [0.15, 0.2) is 42.5 Å². The summed E-state index contributed by atoms with van der Waals surface area (Å²) in [6, 6.07) is 12.7. The Bertz CT molecular complexity index is 815. The Hall–Kier alpha value is -2.24. The van der Waals surface area contributed by atoms with E-state index < -0.39 is 5.41 Å². The molecule has 1 amide bonds. The maximum absolute atomic E-state index is 13.8. The fraction of sp³-hybridized carbons (Fsp3) is 0.381. The zero-order chi connectivity index (χ0) is 18.0. The van der Waals surface area contributed by atoms with Crippen LogP contribution in [-0.4, -0.2) is 19.1 Å². The van der Waals surface area contributed by atoms with E-state index in [1.165, 1.54) is 23.3 Å². The summed E-state index contributed by atoms with van der Waals surface area (Å²) in [5.74, 6) is -0.364.